The van der Waals surface area contributed by atoms with Gasteiger partial charge in [-0.3, -0.25) is 0 Å². The lowest BCUT2D eigenvalue weighted by Gasteiger charge is -2.05. The third-order valence-electron chi connectivity index (χ3n) is 1.29. The van der Waals surface area contributed by atoms with Crippen LogP contribution in [-0.4, -0.2) is 7.11 Å². The first-order valence-electron chi connectivity index (χ1n) is 3.05. The van der Waals surface area contributed by atoms with E-state index >= 15 is 0 Å². The van der Waals surface area contributed by atoms with Gasteiger partial charge in [-0.15, -0.1) is 4.91 Å². The Morgan fingerprint density at radius 3 is 2.17 bits per heavy atom. The highest BCUT2D eigenvalue weighted by molar-refractivity contribution is 9.11. The fraction of sp³-hybridized carbons (Fsp3) is 0.143. The predicted molar refractivity (Wildman–Crippen MR) is 53.8 cm³/mol. The number of nitroso groups, excluding NO2 is 1. The molecule has 1 aromatic carbocycles. The van der Waals surface area contributed by atoms with Crippen molar-refractivity contribution in [2.45, 2.75) is 0 Å². The monoisotopic (exact) mass is 293 g/mol. The number of nitrogens with zero attached hydrogens (tertiary/aromatic N) is 1. The summed E-state index contributed by atoms with van der Waals surface area (Å²) in [7, 11) is 1.55. The van der Waals surface area contributed by atoms with Crippen LogP contribution in [0.15, 0.2) is 26.3 Å². The number of hydrogen-bond donors (Lipinski definition) is 0. The van der Waals surface area contributed by atoms with Gasteiger partial charge in [-0.25, -0.2) is 0 Å². The Bertz CT molecular complexity index is 291. The molecule has 3 nitrogen and oxygen atoms in total. The van der Waals surface area contributed by atoms with Crippen LogP contribution in [0, 0.1) is 4.91 Å². The van der Waals surface area contributed by atoms with Crippen molar-refractivity contribution in [3.05, 3.63) is 26.0 Å². The molecule has 0 saturated heterocycles. The molecule has 0 unspecified atom stereocenters. The minimum Gasteiger partial charge on any atom is -0.494 e. The molecule has 0 heterocycles. The zero-order chi connectivity index (χ0) is 9.14. The van der Waals surface area contributed by atoms with Crippen molar-refractivity contribution in [2.75, 3.05) is 7.11 Å². The number of methoxy groups -OCH3 is 1. The van der Waals surface area contributed by atoms with Crippen LogP contribution in [0.4, 0.5) is 5.69 Å². The van der Waals surface area contributed by atoms with Crippen LogP contribution in [0.2, 0.25) is 0 Å². The highest BCUT2D eigenvalue weighted by atomic mass is 79.9. The smallest absolute Gasteiger partial charge is 0.147 e. The summed E-state index contributed by atoms with van der Waals surface area (Å²) in [6.45, 7) is 0. The molecule has 0 aromatic heterocycles. The topological polar surface area (TPSA) is 38.7 Å². The van der Waals surface area contributed by atoms with Gasteiger partial charge in [0.05, 0.1) is 16.1 Å². The van der Waals surface area contributed by atoms with E-state index in [2.05, 4.69) is 37.0 Å². The maximum absolute atomic E-state index is 10.2. The minimum atomic E-state index is 0.356. The van der Waals surface area contributed by atoms with Crippen LogP contribution in [-0.2, 0) is 0 Å². The molecule has 0 amide bonds. The van der Waals surface area contributed by atoms with Gasteiger partial charge in [0, 0.05) is 0 Å². The minimum absolute atomic E-state index is 0.356. The number of rotatable bonds is 2. The molecule has 0 atom stereocenters. The quantitative estimate of drug-likeness (QED) is 0.782. The number of benzene rings is 1. The van der Waals surface area contributed by atoms with Gasteiger partial charge in [-0.2, -0.15) is 0 Å². The summed E-state index contributed by atoms with van der Waals surface area (Å²) < 4.78 is 6.44. The number of hydrogen-bond acceptors (Lipinski definition) is 3. The van der Waals surface area contributed by atoms with E-state index in [1.165, 1.54) is 0 Å². The second kappa shape index (κ2) is 4.00. The van der Waals surface area contributed by atoms with E-state index in [1.54, 1.807) is 19.2 Å². The summed E-state index contributed by atoms with van der Waals surface area (Å²) in [4.78, 5) is 10.2. The van der Waals surface area contributed by atoms with Crippen molar-refractivity contribution in [1.29, 1.82) is 0 Å². The van der Waals surface area contributed by atoms with Gasteiger partial charge >= 0.3 is 0 Å². The largest absolute Gasteiger partial charge is 0.494 e. The molecule has 0 aliphatic carbocycles. The average Bonchev–Trinajstić information content (AvgIpc) is 2.03. The van der Waals surface area contributed by atoms with Crippen LogP contribution < -0.4 is 4.74 Å². The van der Waals surface area contributed by atoms with E-state index < -0.39 is 0 Å². The molecule has 0 saturated carbocycles. The average molecular weight is 295 g/mol. The van der Waals surface area contributed by atoms with Crippen LogP contribution in [0.1, 0.15) is 0 Å². The van der Waals surface area contributed by atoms with Gasteiger partial charge in [-0.1, -0.05) is 0 Å². The number of ether oxygens (including phenoxy) is 1. The fourth-order valence-electron chi connectivity index (χ4n) is 0.794. The first-order chi connectivity index (χ1) is 5.69. The van der Waals surface area contributed by atoms with Crippen molar-refractivity contribution in [3.63, 3.8) is 0 Å². The lowest BCUT2D eigenvalue weighted by molar-refractivity contribution is 0.409. The highest BCUT2D eigenvalue weighted by Crippen LogP contribution is 2.36. The Labute approximate surface area is 86.3 Å². The molecular formula is C7H5Br2NO2. The summed E-state index contributed by atoms with van der Waals surface area (Å²) >= 11 is 6.49. The summed E-state index contributed by atoms with van der Waals surface area (Å²) in [5.41, 5.74) is 0.356. The third-order valence-corrected chi connectivity index (χ3v) is 2.47. The Kier molecular flexibility index (Phi) is 3.22. The Morgan fingerprint density at radius 2 is 1.83 bits per heavy atom. The number of halogens is 2. The molecule has 0 radical (unpaired) electrons. The van der Waals surface area contributed by atoms with E-state index in [0.29, 0.717) is 20.4 Å². The Hall–Kier alpha value is -0.420. The zero-order valence-corrected chi connectivity index (χ0v) is 9.35. The van der Waals surface area contributed by atoms with Crippen LogP contribution in [0.3, 0.4) is 0 Å². The Balaban J connectivity index is 3.27. The molecule has 1 rings (SSSR count). The molecule has 0 N–H and O–H groups in total. The van der Waals surface area contributed by atoms with Crippen LogP contribution >= 0.6 is 31.9 Å². The molecule has 64 valence electrons. The standard InChI is InChI=1S/C7H5Br2NO2/c1-12-7-5(8)2-4(10-11)3-6(7)9/h2-3H,1H3. The lowest BCUT2D eigenvalue weighted by Crippen LogP contribution is -1.85. The van der Waals surface area contributed by atoms with E-state index in [0.717, 1.165) is 0 Å². The van der Waals surface area contributed by atoms with Crippen molar-refractivity contribution in [1.82, 2.24) is 0 Å². The molecule has 1 aromatic rings. The van der Waals surface area contributed by atoms with Gasteiger partial charge in [0.15, 0.2) is 0 Å². The van der Waals surface area contributed by atoms with Gasteiger partial charge in [0.2, 0.25) is 0 Å². The molecule has 0 spiro atoms. The zero-order valence-electron chi connectivity index (χ0n) is 6.17. The molecule has 0 bridgehead atoms. The fourth-order valence-corrected chi connectivity index (χ4v) is 2.28. The summed E-state index contributed by atoms with van der Waals surface area (Å²) in [6.07, 6.45) is 0. The highest BCUT2D eigenvalue weighted by Gasteiger charge is 2.07. The van der Waals surface area contributed by atoms with Crippen molar-refractivity contribution >= 4 is 37.5 Å². The maximum atomic E-state index is 10.2. The van der Waals surface area contributed by atoms with Crippen molar-refractivity contribution in [3.8, 4) is 5.75 Å². The SMILES string of the molecule is COc1c(Br)cc(N=O)cc1Br. The second-order valence-corrected chi connectivity index (χ2v) is 3.74. The van der Waals surface area contributed by atoms with Crippen LogP contribution in [0.25, 0.3) is 0 Å². The summed E-state index contributed by atoms with van der Waals surface area (Å²) in [6, 6.07) is 3.19. The van der Waals surface area contributed by atoms with Gasteiger partial charge in [-0.05, 0) is 49.2 Å². The van der Waals surface area contributed by atoms with Gasteiger partial charge in [0.1, 0.15) is 11.4 Å². The van der Waals surface area contributed by atoms with Gasteiger partial charge < -0.3 is 4.74 Å². The first kappa shape index (κ1) is 9.67. The van der Waals surface area contributed by atoms with Crippen LogP contribution in [0.5, 0.6) is 5.75 Å². The lowest BCUT2D eigenvalue weighted by atomic mass is 10.3. The predicted octanol–water partition coefficient (Wildman–Crippen LogP) is 3.62. The normalized spacial score (nSPS) is 9.58. The molecule has 5 heteroatoms. The molecule has 0 aliphatic rings. The molecule has 0 fully saturated rings. The second-order valence-electron chi connectivity index (χ2n) is 2.03. The molecular weight excluding hydrogens is 290 g/mol. The third kappa shape index (κ3) is 1.84. The maximum Gasteiger partial charge on any atom is 0.147 e. The van der Waals surface area contributed by atoms with Crippen molar-refractivity contribution in [2.24, 2.45) is 5.18 Å². The molecule has 12 heavy (non-hydrogen) atoms. The first-order valence-corrected chi connectivity index (χ1v) is 4.64. The van der Waals surface area contributed by atoms with Crippen molar-refractivity contribution < 1.29 is 4.74 Å². The van der Waals surface area contributed by atoms with Gasteiger partial charge in [0.25, 0.3) is 0 Å². The summed E-state index contributed by atoms with van der Waals surface area (Å²) in [5.74, 6) is 0.655. The van der Waals surface area contributed by atoms with E-state index in [4.69, 9.17) is 4.74 Å². The van der Waals surface area contributed by atoms with E-state index in [-0.39, 0.29) is 0 Å². The van der Waals surface area contributed by atoms with E-state index in [9.17, 15) is 4.91 Å². The Morgan fingerprint density at radius 1 is 1.33 bits per heavy atom. The molecule has 0 aliphatic heterocycles. The van der Waals surface area contributed by atoms with E-state index in [1.807, 2.05) is 0 Å². The summed E-state index contributed by atoms with van der Waals surface area (Å²) in [5, 5.41) is 2.80.